The molecule has 176 valence electrons. The molecule has 0 fully saturated rings. The van der Waals surface area contributed by atoms with Gasteiger partial charge in [-0.1, -0.05) is 24.0 Å². The van der Waals surface area contributed by atoms with Crippen molar-refractivity contribution in [2.45, 2.75) is 5.51 Å². The van der Waals surface area contributed by atoms with Crippen LogP contribution in [0.3, 0.4) is 0 Å². The summed E-state index contributed by atoms with van der Waals surface area (Å²) < 4.78 is 38.8. The lowest BCUT2D eigenvalue weighted by Gasteiger charge is -2.12. The molecule has 0 atom stereocenters. The minimum absolute atomic E-state index is 0.0751. The van der Waals surface area contributed by atoms with Crippen molar-refractivity contribution in [1.82, 2.24) is 20.0 Å². The Hall–Kier alpha value is -4.14. The highest BCUT2D eigenvalue weighted by Gasteiger charge is 2.29. The number of hydrogen-bond donors (Lipinski definition) is 2. The largest absolute Gasteiger partial charge is 0.461 e. The van der Waals surface area contributed by atoms with Gasteiger partial charge in [0.25, 0.3) is 5.91 Å². The summed E-state index contributed by atoms with van der Waals surface area (Å²) in [6.45, 7) is 0. The Labute approximate surface area is 202 Å². The molecule has 11 heteroatoms. The van der Waals surface area contributed by atoms with Gasteiger partial charge in [-0.3, -0.25) is 15.0 Å². The molecule has 0 aliphatic rings. The average molecular weight is 495 g/mol. The SMILES string of the molecule is CN(O)C(=O)c1cc(-c2ccc(C#Cc3ccc(NSC(F)(F)F)nc3)cc2)nc2ccncc12. The lowest BCUT2D eigenvalue weighted by molar-refractivity contribution is -0.0373. The van der Waals surface area contributed by atoms with Crippen molar-refractivity contribution in [3.05, 3.63) is 83.8 Å². The van der Waals surface area contributed by atoms with Crippen molar-refractivity contribution < 1.29 is 23.2 Å². The summed E-state index contributed by atoms with van der Waals surface area (Å²) in [5.74, 6) is 5.37. The van der Waals surface area contributed by atoms with Crippen LogP contribution in [0.4, 0.5) is 19.0 Å². The molecule has 0 spiro atoms. The molecule has 0 unspecified atom stereocenters. The quantitative estimate of drug-likeness (QED) is 0.176. The van der Waals surface area contributed by atoms with E-state index in [9.17, 15) is 23.2 Å². The van der Waals surface area contributed by atoms with Gasteiger partial charge in [-0.15, -0.1) is 0 Å². The number of amides is 1. The molecule has 0 saturated carbocycles. The summed E-state index contributed by atoms with van der Waals surface area (Å²) in [4.78, 5) is 25.0. The van der Waals surface area contributed by atoms with Crippen molar-refractivity contribution in [2.75, 3.05) is 11.8 Å². The van der Waals surface area contributed by atoms with Crippen molar-refractivity contribution in [3.8, 4) is 23.1 Å². The van der Waals surface area contributed by atoms with Gasteiger partial charge in [0.05, 0.1) is 28.7 Å². The van der Waals surface area contributed by atoms with Crippen LogP contribution < -0.4 is 4.72 Å². The first-order valence-corrected chi connectivity index (χ1v) is 10.8. The zero-order valence-electron chi connectivity index (χ0n) is 18.0. The second-order valence-electron chi connectivity index (χ2n) is 7.19. The van der Waals surface area contributed by atoms with Gasteiger partial charge in [-0.05, 0) is 36.4 Å². The fraction of sp³-hybridized carbons (Fsp3) is 0.0833. The molecular formula is C24H16F3N5O2S. The van der Waals surface area contributed by atoms with E-state index in [1.54, 1.807) is 48.7 Å². The van der Waals surface area contributed by atoms with Crippen LogP contribution in [0, 0.1) is 11.8 Å². The fourth-order valence-electron chi connectivity index (χ4n) is 3.07. The van der Waals surface area contributed by atoms with Crippen LogP contribution in [0.5, 0.6) is 0 Å². The minimum Gasteiger partial charge on any atom is -0.307 e. The van der Waals surface area contributed by atoms with E-state index in [4.69, 9.17) is 0 Å². The van der Waals surface area contributed by atoms with Crippen LogP contribution in [0.25, 0.3) is 22.2 Å². The van der Waals surface area contributed by atoms with Gasteiger partial charge in [0.1, 0.15) is 5.82 Å². The number of alkyl halides is 3. The third-order valence-corrected chi connectivity index (χ3v) is 5.24. The minimum atomic E-state index is -4.40. The summed E-state index contributed by atoms with van der Waals surface area (Å²) in [7, 11) is 1.25. The monoisotopic (exact) mass is 495 g/mol. The van der Waals surface area contributed by atoms with Gasteiger partial charge in [0.15, 0.2) is 0 Å². The van der Waals surface area contributed by atoms with Crippen LogP contribution in [0.2, 0.25) is 0 Å². The highest BCUT2D eigenvalue weighted by Crippen LogP contribution is 2.30. The van der Waals surface area contributed by atoms with Crippen LogP contribution in [0.1, 0.15) is 21.5 Å². The van der Waals surface area contributed by atoms with Crippen molar-refractivity contribution in [2.24, 2.45) is 0 Å². The molecule has 3 heterocycles. The molecule has 0 bridgehead atoms. The van der Waals surface area contributed by atoms with Gasteiger partial charge >= 0.3 is 5.51 Å². The number of aromatic nitrogens is 3. The molecule has 7 nitrogen and oxygen atoms in total. The molecule has 2 N–H and O–H groups in total. The smallest absolute Gasteiger partial charge is 0.307 e. The fourth-order valence-corrected chi connectivity index (χ4v) is 3.42. The van der Waals surface area contributed by atoms with Gasteiger partial charge in [0, 0.05) is 47.7 Å². The number of carbonyl (C=O) groups excluding carboxylic acids is 1. The van der Waals surface area contributed by atoms with Crippen LogP contribution in [-0.4, -0.2) is 43.7 Å². The lowest BCUT2D eigenvalue weighted by Crippen LogP contribution is -2.23. The average Bonchev–Trinajstić information content (AvgIpc) is 2.85. The maximum atomic E-state index is 12.5. The Morgan fingerprint density at radius 1 is 1.06 bits per heavy atom. The highest BCUT2D eigenvalue weighted by atomic mass is 32.2. The van der Waals surface area contributed by atoms with E-state index in [0.717, 1.165) is 5.56 Å². The van der Waals surface area contributed by atoms with E-state index in [1.165, 1.54) is 25.5 Å². The summed E-state index contributed by atoms with van der Waals surface area (Å²) >= 11 is -0.384. The van der Waals surface area contributed by atoms with Gasteiger partial charge < -0.3 is 4.72 Å². The van der Waals surface area contributed by atoms with Crippen LogP contribution in [0.15, 0.2) is 67.1 Å². The van der Waals surface area contributed by atoms with E-state index >= 15 is 0 Å². The third-order valence-electron chi connectivity index (χ3n) is 4.70. The molecule has 35 heavy (non-hydrogen) atoms. The summed E-state index contributed by atoms with van der Waals surface area (Å²) in [5.41, 5.74) is -1.06. The maximum Gasteiger partial charge on any atom is 0.461 e. The predicted molar refractivity (Wildman–Crippen MR) is 126 cm³/mol. The first-order chi connectivity index (χ1) is 16.7. The van der Waals surface area contributed by atoms with Gasteiger partial charge in [-0.2, -0.15) is 13.2 Å². The molecular weight excluding hydrogens is 479 g/mol. The standard InChI is InChI=1S/C24H16F3N5O2S/c1-32(34)23(33)18-12-21(30-20-10-11-28-14-19(18)20)17-7-4-15(5-8-17)2-3-16-6-9-22(29-13-16)31-35-24(25,26)27/h4-14,34H,1H3,(H,29,31). The molecule has 1 aromatic carbocycles. The molecule has 0 saturated heterocycles. The van der Waals surface area contributed by atoms with Crippen molar-refractivity contribution in [3.63, 3.8) is 0 Å². The second kappa shape index (κ2) is 10.0. The maximum absolute atomic E-state index is 12.5. The number of benzene rings is 1. The number of carbonyl (C=O) groups is 1. The van der Waals surface area contributed by atoms with E-state index < -0.39 is 11.4 Å². The Morgan fingerprint density at radius 3 is 2.43 bits per heavy atom. The molecule has 4 rings (SSSR count). The zero-order chi connectivity index (χ0) is 25.0. The molecule has 4 aromatic rings. The van der Waals surface area contributed by atoms with E-state index in [1.807, 2.05) is 0 Å². The van der Waals surface area contributed by atoms with Gasteiger partial charge in [0.2, 0.25) is 0 Å². The van der Waals surface area contributed by atoms with Gasteiger partial charge in [-0.25, -0.2) is 15.0 Å². The Kier molecular flexibility index (Phi) is 6.86. The topological polar surface area (TPSA) is 91.2 Å². The number of hydroxylamine groups is 2. The van der Waals surface area contributed by atoms with E-state index in [2.05, 4.69) is 31.5 Å². The van der Waals surface area contributed by atoms with Crippen LogP contribution >= 0.6 is 11.9 Å². The number of fused-ring (bicyclic) bond motifs is 1. The number of nitrogens with one attached hydrogen (secondary N) is 1. The number of nitrogens with zero attached hydrogens (tertiary/aromatic N) is 4. The number of rotatable bonds is 4. The summed E-state index contributed by atoms with van der Waals surface area (Å²) in [6.07, 6.45) is 4.47. The van der Waals surface area contributed by atoms with E-state index in [-0.39, 0.29) is 23.3 Å². The number of hydrogen-bond acceptors (Lipinski definition) is 7. The lowest BCUT2D eigenvalue weighted by atomic mass is 10.0. The van der Waals surface area contributed by atoms with E-state index in [0.29, 0.717) is 32.8 Å². The summed E-state index contributed by atoms with van der Waals surface area (Å²) in [5, 5.41) is 10.7. The zero-order valence-corrected chi connectivity index (χ0v) is 18.9. The predicted octanol–water partition coefficient (Wildman–Crippen LogP) is 5.13. The second-order valence-corrected chi connectivity index (χ2v) is 8.06. The first-order valence-electron chi connectivity index (χ1n) is 10.0. The Morgan fingerprint density at radius 2 is 1.77 bits per heavy atom. The number of halogens is 3. The molecule has 0 aliphatic carbocycles. The van der Waals surface area contributed by atoms with Crippen LogP contribution in [-0.2, 0) is 0 Å². The highest BCUT2D eigenvalue weighted by molar-refractivity contribution is 8.01. The third kappa shape index (κ3) is 6.06. The Balaban J connectivity index is 1.54. The summed E-state index contributed by atoms with van der Waals surface area (Å²) in [6, 6.07) is 13.4. The van der Waals surface area contributed by atoms with Crippen molar-refractivity contribution >= 4 is 34.6 Å². The number of pyridine rings is 3. The molecule has 0 radical (unpaired) electrons. The molecule has 1 amide bonds. The number of anilines is 1. The van der Waals surface area contributed by atoms with Crippen molar-refractivity contribution in [1.29, 1.82) is 0 Å². The first kappa shape index (κ1) is 24.0. The molecule has 0 aliphatic heterocycles. The normalized spacial score (nSPS) is 11.0. The molecule has 3 aromatic heterocycles. The Bertz CT molecular complexity index is 1430.